The Balaban J connectivity index is 1.57. The first kappa shape index (κ1) is 27.7. The average molecular weight is 522 g/mol. The predicted molar refractivity (Wildman–Crippen MR) is 146 cm³/mol. The van der Waals surface area contributed by atoms with Gasteiger partial charge < -0.3 is 14.8 Å². The quantitative estimate of drug-likeness (QED) is 0.250. The number of carbonyl (C=O) groups excluding carboxylic acids is 2. The number of carbonyl (C=O) groups is 2. The molecular formula is C29H32ClN3O4. The summed E-state index contributed by atoms with van der Waals surface area (Å²) in [5.41, 5.74) is 5.14. The maximum absolute atomic E-state index is 12.8. The Morgan fingerprint density at radius 3 is 2.32 bits per heavy atom. The third kappa shape index (κ3) is 9.28. The smallest absolute Gasteiger partial charge is 0.262 e. The second kappa shape index (κ2) is 14.0. The van der Waals surface area contributed by atoms with Crippen LogP contribution in [0.5, 0.6) is 11.5 Å². The fraction of sp³-hybridized carbons (Fsp3) is 0.276. The largest absolute Gasteiger partial charge is 0.488 e. The van der Waals surface area contributed by atoms with Crippen LogP contribution in [0.3, 0.4) is 0 Å². The number of rotatable bonds is 12. The molecule has 0 radical (unpaired) electrons. The van der Waals surface area contributed by atoms with Crippen LogP contribution in [0, 0.1) is 12.8 Å². The van der Waals surface area contributed by atoms with Crippen molar-refractivity contribution in [1.82, 2.24) is 10.7 Å². The van der Waals surface area contributed by atoms with Crippen molar-refractivity contribution >= 4 is 29.6 Å². The van der Waals surface area contributed by atoms with Gasteiger partial charge in [0.2, 0.25) is 0 Å². The van der Waals surface area contributed by atoms with Gasteiger partial charge in [-0.1, -0.05) is 67.9 Å². The van der Waals surface area contributed by atoms with Crippen LogP contribution in [0.2, 0.25) is 5.02 Å². The van der Waals surface area contributed by atoms with Gasteiger partial charge in [-0.05, 0) is 60.7 Å². The minimum Gasteiger partial charge on any atom is -0.488 e. The lowest BCUT2D eigenvalue weighted by Crippen LogP contribution is -2.47. The van der Waals surface area contributed by atoms with Crippen molar-refractivity contribution in [2.75, 3.05) is 6.61 Å². The number of ether oxygens (including phenoxy) is 2. The number of benzene rings is 3. The summed E-state index contributed by atoms with van der Waals surface area (Å²) in [6.07, 6.45) is 1.98. The Hall–Kier alpha value is -3.84. The summed E-state index contributed by atoms with van der Waals surface area (Å²) in [6, 6.07) is 21.5. The van der Waals surface area contributed by atoms with E-state index in [0.29, 0.717) is 35.1 Å². The predicted octanol–water partition coefficient (Wildman–Crippen LogP) is 5.29. The number of nitrogens with one attached hydrogen (secondary N) is 2. The molecule has 37 heavy (non-hydrogen) atoms. The number of halogens is 1. The van der Waals surface area contributed by atoms with E-state index >= 15 is 0 Å². The minimum absolute atomic E-state index is 0.180. The molecule has 3 aromatic carbocycles. The van der Waals surface area contributed by atoms with Crippen LogP contribution in [0.15, 0.2) is 77.9 Å². The van der Waals surface area contributed by atoms with Crippen LogP contribution in [0.4, 0.5) is 0 Å². The Morgan fingerprint density at radius 2 is 1.62 bits per heavy atom. The Bertz CT molecular complexity index is 1210. The van der Waals surface area contributed by atoms with Gasteiger partial charge in [0.25, 0.3) is 11.8 Å². The normalized spacial score (nSPS) is 11.8. The maximum Gasteiger partial charge on any atom is 0.262 e. The highest BCUT2D eigenvalue weighted by Gasteiger charge is 2.22. The summed E-state index contributed by atoms with van der Waals surface area (Å²) in [5.74, 6) is 0.641. The van der Waals surface area contributed by atoms with Gasteiger partial charge >= 0.3 is 0 Å². The molecule has 0 saturated heterocycles. The molecule has 3 aromatic rings. The molecule has 0 fully saturated rings. The molecule has 1 atom stereocenters. The lowest BCUT2D eigenvalue weighted by Gasteiger charge is -2.19. The number of para-hydroxylation sites is 2. The first-order valence-electron chi connectivity index (χ1n) is 12.1. The summed E-state index contributed by atoms with van der Waals surface area (Å²) in [7, 11) is 0. The lowest BCUT2D eigenvalue weighted by molar-refractivity contribution is -0.130. The SMILES string of the molecule is Cc1ccccc1OCC(=O)N[C@@H](CC(C)C)C(=O)N/N=C\c1ccccc1OCc1ccc(Cl)cc1. The number of hydrogen-bond donors (Lipinski definition) is 2. The van der Waals surface area contributed by atoms with Crippen LogP contribution in [-0.4, -0.2) is 30.7 Å². The van der Waals surface area contributed by atoms with E-state index in [4.69, 9.17) is 21.1 Å². The third-order valence-corrected chi connectivity index (χ3v) is 5.67. The zero-order valence-corrected chi connectivity index (χ0v) is 22.0. The van der Waals surface area contributed by atoms with E-state index < -0.39 is 11.9 Å². The van der Waals surface area contributed by atoms with Gasteiger partial charge in [0.1, 0.15) is 24.1 Å². The average Bonchev–Trinajstić information content (AvgIpc) is 2.88. The molecule has 0 heterocycles. The summed E-state index contributed by atoms with van der Waals surface area (Å²) in [5, 5.41) is 7.53. The Kier molecular flexibility index (Phi) is 10.5. The van der Waals surface area contributed by atoms with Gasteiger partial charge in [0.05, 0.1) is 6.21 Å². The van der Waals surface area contributed by atoms with Crippen molar-refractivity contribution in [1.29, 1.82) is 0 Å². The van der Waals surface area contributed by atoms with Crippen LogP contribution in [0.25, 0.3) is 0 Å². The molecular weight excluding hydrogens is 490 g/mol. The molecule has 7 nitrogen and oxygen atoms in total. The second-order valence-electron chi connectivity index (χ2n) is 8.99. The molecule has 0 bridgehead atoms. The van der Waals surface area contributed by atoms with Crippen molar-refractivity contribution in [3.8, 4) is 11.5 Å². The summed E-state index contributed by atoms with van der Waals surface area (Å²) in [4.78, 5) is 25.3. The highest BCUT2D eigenvalue weighted by atomic mass is 35.5. The topological polar surface area (TPSA) is 89.0 Å². The van der Waals surface area contributed by atoms with E-state index in [1.807, 2.05) is 87.5 Å². The van der Waals surface area contributed by atoms with Gasteiger partial charge in [-0.15, -0.1) is 0 Å². The monoisotopic (exact) mass is 521 g/mol. The molecule has 8 heteroatoms. The highest BCUT2D eigenvalue weighted by Crippen LogP contribution is 2.19. The van der Waals surface area contributed by atoms with Crippen molar-refractivity contribution in [2.24, 2.45) is 11.0 Å². The Labute approximate surface area is 222 Å². The van der Waals surface area contributed by atoms with E-state index in [9.17, 15) is 9.59 Å². The van der Waals surface area contributed by atoms with Gasteiger partial charge in [0.15, 0.2) is 6.61 Å². The molecule has 0 aliphatic heterocycles. The molecule has 194 valence electrons. The van der Waals surface area contributed by atoms with Crippen LogP contribution in [0.1, 0.15) is 37.0 Å². The number of nitrogens with zero attached hydrogens (tertiary/aromatic N) is 1. The summed E-state index contributed by atoms with van der Waals surface area (Å²) >= 11 is 5.94. The van der Waals surface area contributed by atoms with Crippen LogP contribution in [-0.2, 0) is 16.2 Å². The maximum atomic E-state index is 12.8. The van der Waals surface area contributed by atoms with Crippen LogP contribution < -0.4 is 20.2 Å². The summed E-state index contributed by atoms with van der Waals surface area (Å²) in [6.45, 7) is 6.04. The standard InChI is InChI=1S/C29H32ClN3O4/c1-20(2)16-25(32-28(34)19-37-26-10-6-4-8-21(26)3)29(35)33-31-17-23-9-5-7-11-27(23)36-18-22-12-14-24(30)15-13-22/h4-15,17,20,25H,16,18-19H2,1-3H3,(H,32,34)(H,33,35)/b31-17-/t25-/m0/s1. The van der Waals surface area contributed by atoms with Gasteiger partial charge in [0, 0.05) is 10.6 Å². The fourth-order valence-corrected chi connectivity index (χ4v) is 3.63. The van der Waals surface area contributed by atoms with Crippen LogP contribution >= 0.6 is 11.6 Å². The Morgan fingerprint density at radius 1 is 0.946 bits per heavy atom. The molecule has 0 aliphatic rings. The van der Waals surface area contributed by atoms with Crippen molar-refractivity contribution in [3.05, 3.63) is 94.5 Å². The van der Waals surface area contributed by atoms with Gasteiger partial charge in [-0.3, -0.25) is 9.59 Å². The van der Waals surface area contributed by atoms with E-state index in [2.05, 4.69) is 15.8 Å². The highest BCUT2D eigenvalue weighted by molar-refractivity contribution is 6.30. The zero-order valence-electron chi connectivity index (χ0n) is 21.2. The lowest BCUT2D eigenvalue weighted by atomic mass is 10.0. The number of amides is 2. The molecule has 0 aliphatic carbocycles. The van der Waals surface area contributed by atoms with Crippen molar-refractivity contribution < 1.29 is 19.1 Å². The molecule has 0 unspecified atom stereocenters. The number of aryl methyl sites for hydroxylation is 1. The van der Waals surface area contributed by atoms with E-state index in [0.717, 1.165) is 11.1 Å². The van der Waals surface area contributed by atoms with E-state index in [1.54, 1.807) is 6.07 Å². The number of hydrogen-bond acceptors (Lipinski definition) is 5. The first-order chi connectivity index (χ1) is 17.8. The fourth-order valence-electron chi connectivity index (χ4n) is 3.50. The number of hydrazone groups is 1. The molecule has 2 N–H and O–H groups in total. The molecule has 2 amide bonds. The van der Waals surface area contributed by atoms with Gasteiger partial charge in [-0.2, -0.15) is 5.10 Å². The summed E-state index contributed by atoms with van der Waals surface area (Å²) < 4.78 is 11.5. The first-order valence-corrected chi connectivity index (χ1v) is 12.5. The van der Waals surface area contributed by atoms with Crippen molar-refractivity contribution in [2.45, 2.75) is 39.8 Å². The van der Waals surface area contributed by atoms with Crippen molar-refractivity contribution in [3.63, 3.8) is 0 Å². The van der Waals surface area contributed by atoms with E-state index in [-0.39, 0.29) is 18.4 Å². The molecule has 0 spiro atoms. The second-order valence-corrected chi connectivity index (χ2v) is 9.43. The van der Waals surface area contributed by atoms with Gasteiger partial charge in [-0.25, -0.2) is 5.43 Å². The molecule has 0 aromatic heterocycles. The minimum atomic E-state index is -0.749. The molecule has 0 saturated carbocycles. The third-order valence-electron chi connectivity index (χ3n) is 5.42. The van der Waals surface area contributed by atoms with E-state index in [1.165, 1.54) is 6.21 Å². The zero-order chi connectivity index (χ0) is 26.6. The molecule has 3 rings (SSSR count).